The number of carbonyl (C=O) groups excluding carboxylic acids is 1. The van der Waals surface area contributed by atoms with E-state index in [4.69, 9.17) is 0 Å². The molecule has 0 saturated heterocycles. The summed E-state index contributed by atoms with van der Waals surface area (Å²) in [6.07, 6.45) is 1.000. The summed E-state index contributed by atoms with van der Waals surface area (Å²) in [4.78, 5) is 13.6. The molecular weight excluding hydrogens is 182 g/mol. The topological polar surface area (TPSA) is 29.1 Å². The van der Waals surface area contributed by atoms with Crippen LogP contribution in [0.25, 0.3) is 0 Å². The van der Waals surface area contributed by atoms with Crippen LogP contribution < -0.4 is 5.32 Å². The average molecular weight is 197 g/mol. The fourth-order valence-electron chi connectivity index (χ4n) is 1.02. The quantitative estimate of drug-likeness (QED) is 0.792. The second-order valence-corrected chi connectivity index (χ2v) is 4.42. The van der Waals surface area contributed by atoms with Crippen LogP contribution in [0.2, 0.25) is 0 Å². The monoisotopic (exact) mass is 197 g/mol. The van der Waals surface area contributed by atoms with Crippen LogP contribution in [0.15, 0.2) is 12.1 Å². The van der Waals surface area contributed by atoms with E-state index in [1.54, 1.807) is 11.3 Å². The molecule has 1 heterocycles. The van der Waals surface area contributed by atoms with Crippen molar-refractivity contribution in [3.63, 3.8) is 0 Å². The zero-order chi connectivity index (χ0) is 9.84. The number of hydrogen-bond donors (Lipinski definition) is 1. The third-order valence-electron chi connectivity index (χ3n) is 1.65. The summed E-state index contributed by atoms with van der Waals surface area (Å²) in [6.45, 7) is 6.02. The van der Waals surface area contributed by atoms with Crippen LogP contribution >= 0.6 is 11.3 Å². The van der Waals surface area contributed by atoms with Crippen molar-refractivity contribution >= 4 is 17.2 Å². The highest BCUT2D eigenvalue weighted by Crippen LogP contribution is 2.16. The number of hydrogen-bond acceptors (Lipinski definition) is 2. The van der Waals surface area contributed by atoms with E-state index in [1.165, 1.54) is 4.88 Å². The summed E-state index contributed by atoms with van der Waals surface area (Å²) in [7, 11) is 0. The minimum absolute atomic E-state index is 0.0414. The number of amides is 1. The van der Waals surface area contributed by atoms with E-state index < -0.39 is 0 Å². The van der Waals surface area contributed by atoms with Gasteiger partial charge in [-0.2, -0.15) is 0 Å². The standard InChI is InChI=1S/C10H15NOS/c1-4-8-5-6-9(13-8)10(12)11-7(2)3/h5-7H,4H2,1-3H3,(H,11,12). The molecule has 0 fully saturated rings. The van der Waals surface area contributed by atoms with Crippen LogP contribution in [0, 0.1) is 0 Å². The van der Waals surface area contributed by atoms with Gasteiger partial charge in [0, 0.05) is 10.9 Å². The number of thiophene rings is 1. The van der Waals surface area contributed by atoms with Gasteiger partial charge in [0.25, 0.3) is 5.91 Å². The molecule has 2 nitrogen and oxygen atoms in total. The van der Waals surface area contributed by atoms with Crippen LogP contribution in [0.4, 0.5) is 0 Å². The number of aryl methyl sites for hydroxylation is 1. The lowest BCUT2D eigenvalue weighted by Gasteiger charge is -2.05. The molecule has 0 aromatic carbocycles. The number of nitrogens with one attached hydrogen (secondary N) is 1. The van der Waals surface area contributed by atoms with Crippen molar-refractivity contribution in [2.75, 3.05) is 0 Å². The Morgan fingerprint density at radius 2 is 2.23 bits per heavy atom. The van der Waals surface area contributed by atoms with Gasteiger partial charge in [0.05, 0.1) is 4.88 Å². The molecule has 0 aliphatic carbocycles. The Balaban J connectivity index is 2.66. The van der Waals surface area contributed by atoms with Crippen LogP contribution in [-0.4, -0.2) is 11.9 Å². The van der Waals surface area contributed by atoms with E-state index in [9.17, 15) is 4.79 Å². The van der Waals surface area contributed by atoms with Gasteiger partial charge in [-0.25, -0.2) is 0 Å². The van der Waals surface area contributed by atoms with Crippen molar-refractivity contribution in [1.29, 1.82) is 0 Å². The summed E-state index contributed by atoms with van der Waals surface area (Å²) >= 11 is 1.57. The van der Waals surface area contributed by atoms with Gasteiger partial charge in [0.15, 0.2) is 0 Å². The minimum atomic E-state index is 0.0414. The molecule has 72 valence electrons. The summed E-state index contributed by atoms with van der Waals surface area (Å²) < 4.78 is 0. The molecule has 1 amide bonds. The molecule has 0 saturated carbocycles. The van der Waals surface area contributed by atoms with Gasteiger partial charge in [-0.1, -0.05) is 6.92 Å². The molecule has 1 rings (SSSR count). The predicted octanol–water partition coefficient (Wildman–Crippen LogP) is 2.45. The van der Waals surface area contributed by atoms with Crippen molar-refractivity contribution in [3.05, 3.63) is 21.9 Å². The highest BCUT2D eigenvalue weighted by Gasteiger charge is 2.08. The normalized spacial score (nSPS) is 10.5. The van der Waals surface area contributed by atoms with E-state index >= 15 is 0 Å². The second-order valence-electron chi connectivity index (χ2n) is 3.25. The largest absolute Gasteiger partial charge is 0.349 e. The summed E-state index contributed by atoms with van der Waals surface area (Å²) in [5.41, 5.74) is 0. The highest BCUT2D eigenvalue weighted by molar-refractivity contribution is 7.14. The molecule has 0 spiro atoms. The molecule has 0 radical (unpaired) electrons. The maximum atomic E-state index is 11.5. The lowest BCUT2D eigenvalue weighted by atomic mass is 10.3. The van der Waals surface area contributed by atoms with Crippen molar-refractivity contribution in [2.45, 2.75) is 33.2 Å². The third-order valence-corrected chi connectivity index (χ3v) is 2.88. The molecule has 0 aliphatic rings. The lowest BCUT2D eigenvalue weighted by Crippen LogP contribution is -2.29. The first-order valence-corrected chi connectivity index (χ1v) is 5.34. The van der Waals surface area contributed by atoms with E-state index in [0.29, 0.717) is 0 Å². The molecule has 0 bridgehead atoms. The van der Waals surface area contributed by atoms with Crippen LogP contribution in [-0.2, 0) is 6.42 Å². The number of rotatable bonds is 3. The van der Waals surface area contributed by atoms with E-state index in [2.05, 4.69) is 12.2 Å². The average Bonchev–Trinajstić information content (AvgIpc) is 2.50. The fourth-order valence-corrected chi connectivity index (χ4v) is 1.87. The van der Waals surface area contributed by atoms with Gasteiger partial charge in [-0.15, -0.1) is 11.3 Å². The Bertz CT molecular complexity index is 291. The Morgan fingerprint density at radius 1 is 1.54 bits per heavy atom. The van der Waals surface area contributed by atoms with Gasteiger partial charge in [-0.05, 0) is 32.4 Å². The van der Waals surface area contributed by atoms with Crippen molar-refractivity contribution in [2.24, 2.45) is 0 Å². The maximum absolute atomic E-state index is 11.5. The van der Waals surface area contributed by atoms with Gasteiger partial charge in [-0.3, -0.25) is 4.79 Å². The smallest absolute Gasteiger partial charge is 0.261 e. The molecular formula is C10H15NOS. The van der Waals surface area contributed by atoms with Gasteiger partial charge < -0.3 is 5.32 Å². The molecule has 0 aliphatic heterocycles. The van der Waals surface area contributed by atoms with Crippen LogP contribution in [0.1, 0.15) is 35.3 Å². The third kappa shape index (κ3) is 2.84. The zero-order valence-corrected chi connectivity index (χ0v) is 9.07. The Hall–Kier alpha value is -0.830. The fraction of sp³-hybridized carbons (Fsp3) is 0.500. The molecule has 1 aromatic heterocycles. The molecule has 3 heteroatoms. The Labute approximate surface area is 83.0 Å². The maximum Gasteiger partial charge on any atom is 0.261 e. The first-order chi connectivity index (χ1) is 6.13. The second kappa shape index (κ2) is 4.42. The minimum Gasteiger partial charge on any atom is -0.349 e. The van der Waals surface area contributed by atoms with Crippen LogP contribution in [0.3, 0.4) is 0 Å². The lowest BCUT2D eigenvalue weighted by molar-refractivity contribution is 0.0947. The summed E-state index contributed by atoms with van der Waals surface area (Å²) in [5.74, 6) is 0.0414. The predicted molar refractivity (Wildman–Crippen MR) is 56.3 cm³/mol. The van der Waals surface area contributed by atoms with Crippen molar-refractivity contribution < 1.29 is 4.79 Å². The zero-order valence-electron chi connectivity index (χ0n) is 8.26. The first-order valence-electron chi connectivity index (χ1n) is 4.53. The van der Waals surface area contributed by atoms with Gasteiger partial charge in [0.2, 0.25) is 0 Å². The summed E-state index contributed by atoms with van der Waals surface area (Å²) in [6, 6.07) is 4.11. The van der Waals surface area contributed by atoms with Crippen molar-refractivity contribution in [1.82, 2.24) is 5.32 Å². The molecule has 13 heavy (non-hydrogen) atoms. The molecule has 0 unspecified atom stereocenters. The molecule has 1 N–H and O–H groups in total. The Kier molecular flexibility index (Phi) is 3.48. The van der Waals surface area contributed by atoms with Gasteiger partial charge in [0.1, 0.15) is 0 Å². The van der Waals surface area contributed by atoms with E-state index in [1.807, 2.05) is 26.0 Å². The molecule has 0 atom stereocenters. The first kappa shape index (κ1) is 10.3. The summed E-state index contributed by atoms with van der Waals surface area (Å²) in [5, 5.41) is 2.87. The van der Waals surface area contributed by atoms with Crippen LogP contribution in [0.5, 0.6) is 0 Å². The highest BCUT2D eigenvalue weighted by atomic mass is 32.1. The van der Waals surface area contributed by atoms with Gasteiger partial charge >= 0.3 is 0 Å². The van der Waals surface area contributed by atoms with E-state index in [-0.39, 0.29) is 11.9 Å². The van der Waals surface area contributed by atoms with Crippen molar-refractivity contribution in [3.8, 4) is 0 Å². The Morgan fingerprint density at radius 3 is 2.69 bits per heavy atom. The molecule has 1 aromatic rings. The van der Waals surface area contributed by atoms with E-state index in [0.717, 1.165) is 11.3 Å². The number of carbonyl (C=O) groups is 1. The SMILES string of the molecule is CCc1ccc(C(=O)NC(C)C)s1.